The number of hydrogen-bond acceptors (Lipinski definition) is 4. The van der Waals surface area contributed by atoms with E-state index in [1.54, 1.807) is 13.8 Å². The molecule has 0 spiro atoms. The Hall–Kier alpha value is -1.70. The van der Waals surface area contributed by atoms with Crippen molar-refractivity contribution < 1.29 is 22.0 Å². The second kappa shape index (κ2) is 5.12. The van der Waals surface area contributed by atoms with Crippen LogP contribution in [0, 0.1) is 0 Å². The fourth-order valence-corrected chi connectivity index (χ4v) is 1.97. The number of hydrogen-bond donors (Lipinski definition) is 2. The van der Waals surface area contributed by atoms with Gasteiger partial charge in [0.05, 0.1) is 4.90 Å². The molecule has 0 atom stereocenters. The van der Waals surface area contributed by atoms with Crippen LogP contribution in [0.1, 0.15) is 13.8 Å². The van der Waals surface area contributed by atoms with Crippen LogP contribution >= 0.6 is 0 Å². The zero-order valence-corrected chi connectivity index (χ0v) is 11.2. The van der Waals surface area contributed by atoms with Gasteiger partial charge in [0.15, 0.2) is 0 Å². The summed E-state index contributed by atoms with van der Waals surface area (Å²) in [6, 6.07) is 4.67. The fraction of sp³-hybridized carbons (Fsp3) is 0.364. The Labute approximate surface area is 109 Å². The first-order valence-corrected chi connectivity index (χ1v) is 6.82. The lowest BCUT2D eigenvalue weighted by molar-refractivity contribution is -0.121. The summed E-state index contributed by atoms with van der Waals surface area (Å²) >= 11 is 0. The number of alkyl halides is 2. The highest BCUT2D eigenvalue weighted by Gasteiger charge is 2.27. The van der Waals surface area contributed by atoms with Crippen LogP contribution in [0.2, 0.25) is 0 Å². The minimum atomic E-state index is -4.61. The summed E-state index contributed by atoms with van der Waals surface area (Å²) in [5.74, 6) is -4.06. The van der Waals surface area contributed by atoms with E-state index in [0.717, 1.165) is 12.1 Å². The third kappa shape index (κ3) is 3.40. The van der Waals surface area contributed by atoms with Crippen LogP contribution in [0.5, 0.6) is 0 Å². The number of halogens is 2. The molecule has 1 aromatic rings. The van der Waals surface area contributed by atoms with Crippen molar-refractivity contribution in [2.45, 2.75) is 30.0 Å². The van der Waals surface area contributed by atoms with Gasteiger partial charge in [0.2, 0.25) is 15.7 Å². The first-order valence-electron chi connectivity index (χ1n) is 5.27. The maximum atomic E-state index is 12.3. The molecule has 8 heteroatoms. The van der Waals surface area contributed by atoms with Gasteiger partial charge in [-0.1, -0.05) is 0 Å². The Kier molecular flexibility index (Phi) is 4.14. The zero-order valence-electron chi connectivity index (χ0n) is 10.4. The van der Waals surface area contributed by atoms with Crippen molar-refractivity contribution in [3.63, 3.8) is 0 Å². The minimum Gasteiger partial charge on any atom is -0.372 e. The van der Waals surface area contributed by atoms with Gasteiger partial charge in [-0.05, 0) is 38.1 Å². The number of rotatable bonds is 5. The van der Waals surface area contributed by atoms with Gasteiger partial charge in [-0.15, -0.1) is 0 Å². The van der Waals surface area contributed by atoms with E-state index in [2.05, 4.69) is 5.32 Å². The number of carbonyl (C=O) groups excluding carboxylic acids is 1. The standard InChI is InChI=1S/C11H14F2N2O3S/c1-11(2,9(14)16)15-7-3-5-8(6-4-7)19(17,18)10(12)13/h3-6,10,15H,1-2H3,(H2,14,16). The van der Waals surface area contributed by atoms with Crippen LogP contribution in [0.4, 0.5) is 14.5 Å². The van der Waals surface area contributed by atoms with E-state index in [1.165, 1.54) is 12.1 Å². The normalized spacial score (nSPS) is 12.5. The molecular formula is C11H14F2N2O3S. The van der Waals surface area contributed by atoms with Crippen LogP contribution in [0.25, 0.3) is 0 Å². The number of sulfone groups is 1. The summed E-state index contributed by atoms with van der Waals surface area (Å²) < 4.78 is 47.0. The van der Waals surface area contributed by atoms with Gasteiger partial charge in [0, 0.05) is 5.69 Å². The van der Waals surface area contributed by atoms with E-state index >= 15 is 0 Å². The van der Waals surface area contributed by atoms with E-state index in [-0.39, 0.29) is 0 Å². The van der Waals surface area contributed by atoms with Crippen molar-refractivity contribution in [1.82, 2.24) is 0 Å². The summed E-state index contributed by atoms with van der Waals surface area (Å²) in [7, 11) is -4.61. The SMILES string of the molecule is CC(C)(Nc1ccc(S(=O)(=O)C(F)F)cc1)C(N)=O. The fourth-order valence-electron chi connectivity index (χ4n) is 1.25. The summed E-state index contributed by atoms with van der Waals surface area (Å²) in [6.45, 7) is 3.08. The number of anilines is 1. The highest BCUT2D eigenvalue weighted by atomic mass is 32.2. The van der Waals surface area contributed by atoms with Crippen molar-refractivity contribution in [2.75, 3.05) is 5.32 Å². The van der Waals surface area contributed by atoms with Gasteiger partial charge >= 0.3 is 5.76 Å². The number of primary amides is 1. The Balaban J connectivity index is 2.99. The van der Waals surface area contributed by atoms with E-state index in [1.807, 2.05) is 0 Å². The molecule has 1 aromatic carbocycles. The zero-order chi connectivity index (χ0) is 14.8. The lowest BCUT2D eigenvalue weighted by Gasteiger charge is -2.23. The van der Waals surface area contributed by atoms with E-state index in [9.17, 15) is 22.0 Å². The van der Waals surface area contributed by atoms with Gasteiger partial charge in [0.25, 0.3) is 0 Å². The molecule has 19 heavy (non-hydrogen) atoms. The largest absolute Gasteiger partial charge is 0.372 e. The van der Waals surface area contributed by atoms with Crippen LogP contribution in [-0.4, -0.2) is 25.6 Å². The molecule has 3 N–H and O–H groups in total. The van der Waals surface area contributed by atoms with Gasteiger partial charge in [-0.25, -0.2) is 8.42 Å². The number of nitrogens with two attached hydrogens (primary N) is 1. The number of benzene rings is 1. The summed E-state index contributed by atoms with van der Waals surface area (Å²) in [4.78, 5) is 10.6. The molecule has 0 unspecified atom stereocenters. The van der Waals surface area contributed by atoms with Crippen molar-refractivity contribution in [3.8, 4) is 0 Å². The molecule has 106 valence electrons. The molecule has 1 rings (SSSR count). The molecule has 0 heterocycles. The smallest absolute Gasteiger partial charge is 0.341 e. The molecule has 0 fully saturated rings. The Morgan fingerprint density at radius 2 is 1.74 bits per heavy atom. The molecule has 5 nitrogen and oxygen atoms in total. The highest BCUT2D eigenvalue weighted by Crippen LogP contribution is 2.21. The van der Waals surface area contributed by atoms with Crippen molar-refractivity contribution in [2.24, 2.45) is 5.73 Å². The molecule has 0 saturated carbocycles. The third-order valence-electron chi connectivity index (χ3n) is 2.49. The van der Waals surface area contributed by atoms with Crippen LogP contribution in [-0.2, 0) is 14.6 Å². The summed E-state index contributed by atoms with van der Waals surface area (Å²) in [5, 5.41) is 2.77. The second-order valence-corrected chi connectivity index (χ2v) is 6.36. The summed E-state index contributed by atoms with van der Waals surface area (Å²) in [6.07, 6.45) is 0. The first-order chi connectivity index (χ1) is 8.57. The van der Waals surface area contributed by atoms with Crippen LogP contribution in [0.15, 0.2) is 29.2 Å². The van der Waals surface area contributed by atoms with E-state index < -0.39 is 31.9 Å². The average Bonchev–Trinajstić information content (AvgIpc) is 2.28. The molecule has 0 aliphatic heterocycles. The molecular weight excluding hydrogens is 278 g/mol. The van der Waals surface area contributed by atoms with Crippen molar-refractivity contribution in [3.05, 3.63) is 24.3 Å². The molecule has 0 bridgehead atoms. The van der Waals surface area contributed by atoms with Crippen LogP contribution < -0.4 is 11.1 Å². The predicted octanol–water partition coefficient (Wildman–Crippen LogP) is 1.36. The molecule has 0 aromatic heterocycles. The number of nitrogens with one attached hydrogen (secondary N) is 1. The lowest BCUT2D eigenvalue weighted by atomic mass is 10.0. The number of carbonyl (C=O) groups is 1. The van der Waals surface area contributed by atoms with E-state index in [4.69, 9.17) is 5.73 Å². The Morgan fingerprint density at radius 1 is 1.26 bits per heavy atom. The predicted molar refractivity (Wildman–Crippen MR) is 66.5 cm³/mol. The topological polar surface area (TPSA) is 89.3 Å². The quantitative estimate of drug-likeness (QED) is 0.857. The average molecular weight is 292 g/mol. The van der Waals surface area contributed by atoms with Gasteiger partial charge in [-0.2, -0.15) is 8.78 Å². The third-order valence-corrected chi connectivity index (χ3v) is 3.89. The summed E-state index contributed by atoms with van der Waals surface area (Å²) in [5.41, 5.74) is 4.52. The molecule has 1 amide bonds. The molecule has 0 radical (unpaired) electrons. The number of amides is 1. The van der Waals surface area contributed by atoms with Crippen molar-refractivity contribution in [1.29, 1.82) is 0 Å². The maximum Gasteiger partial charge on any atom is 0.341 e. The Morgan fingerprint density at radius 3 is 2.11 bits per heavy atom. The van der Waals surface area contributed by atoms with Crippen LogP contribution in [0.3, 0.4) is 0 Å². The van der Waals surface area contributed by atoms with Gasteiger partial charge in [-0.3, -0.25) is 4.79 Å². The lowest BCUT2D eigenvalue weighted by Crippen LogP contribution is -2.45. The molecule has 0 aliphatic rings. The van der Waals surface area contributed by atoms with Gasteiger partial charge < -0.3 is 11.1 Å². The minimum absolute atomic E-state index is 0.400. The Bertz CT molecular complexity index is 568. The first kappa shape index (κ1) is 15.4. The van der Waals surface area contributed by atoms with E-state index in [0.29, 0.717) is 5.69 Å². The molecule has 0 saturated heterocycles. The molecule has 0 aliphatic carbocycles. The van der Waals surface area contributed by atoms with Crippen molar-refractivity contribution >= 4 is 21.4 Å². The maximum absolute atomic E-state index is 12.3. The van der Waals surface area contributed by atoms with Gasteiger partial charge in [0.1, 0.15) is 5.54 Å². The second-order valence-electron chi connectivity index (χ2n) is 4.44. The monoisotopic (exact) mass is 292 g/mol. The highest BCUT2D eigenvalue weighted by molar-refractivity contribution is 7.91.